The van der Waals surface area contributed by atoms with Gasteiger partial charge >= 0.3 is 5.97 Å². The van der Waals surface area contributed by atoms with Crippen LogP contribution in [0.15, 0.2) is 71.3 Å². The van der Waals surface area contributed by atoms with Crippen LogP contribution in [0.5, 0.6) is 0 Å². The molecule has 2 N–H and O–H groups in total. The van der Waals surface area contributed by atoms with Crippen molar-refractivity contribution in [3.8, 4) is 0 Å². The van der Waals surface area contributed by atoms with Crippen LogP contribution in [-0.4, -0.2) is 27.0 Å². The van der Waals surface area contributed by atoms with Crippen molar-refractivity contribution < 1.29 is 9.90 Å². The number of aromatic amines is 1. The second kappa shape index (κ2) is 8.76. The standard InChI is InChI=1S/C25H24N2O2S/c1-3-21(22-15-30-14-16(22)2)25(19-9-10-23-20(12-19)13-26-27-23)18-7-4-17(5-8-18)6-11-24(28)29/h4-13,15-16H,3,14H2,1-2H3,(H,26,27)(H,28,29)/b11-6+,25-21+. The molecular weight excluding hydrogens is 392 g/mol. The number of carboxylic acids is 1. The molecule has 30 heavy (non-hydrogen) atoms. The molecule has 1 atom stereocenters. The summed E-state index contributed by atoms with van der Waals surface area (Å²) in [5.74, 6) is 0.697. The highest BCUT2D eigenvalue weighted by Gasteiger charge is 2.22. The molecule has 0 saturated heterocycles. The summed E-state index contributed by atoms with van der Waals surface area (Å²) in [5, 5.41) is 19.5. The van der Waals surface area contributed by atoms with Crippen LogP contribution in [0.3, 0.4) is 0 Å². The van der Waals surface area contributed by atoms with Crippen LogP contribution in [0.25, 0.3) is 22.6 Å². The molecule has 2 aromatic carbocycles. The topological polar surface area (TPSA) is 66.0 Å². The van der Waals surface area contributed by atoms with E-state index in [1.165, 1.54) is 22.3 Å². The fourth-order valence-electron chi connectivity index (χ4n) is 3.92. The predicted octanol–water partition coefficient (Wildman–Crippen LogP) is 6.14. The Kier molecular flexibility index (Phi) is 5.91. The fraction of sp³-hybridized carbons (Fsp3) is 0.200. The van der Waals surface area contributed by atoms with E-state index in [1.54, 1.807) is 6.08 Å². The van der Waals surface area contributed by atoms with E-state index in [0.717, 1.165) is 40.3 Å². The van der Waals surface area contributed by atoms with E-state index in [4.69, 9.17) is 5.11 Å². The summed E-state index contributed by atoms with van der Waals surface area (Å²) in [7, 11) is 0. The molecule has 2 heterocycles. The minimum Gasteiger partial charge on any atom is -0.478 e. The van der Waals surface area contributed by atoms with Crippen molar-refractivity contribution in [1.82, 2.24) is 10.2 Å². The van der Waals surface area contributed by atoms with Gasteiger partial charge in [-0.2, -0.15) is 5.10 Å². The van der Waals surface area contributed by atoms with Gasteiger partial charge in [0.25, 0.3) is 0 Å². The number of rotatable bonds is 6. The highest BCUT2D eigenvalue weighted by atomic mass is 32.2. The Balaban J connectivity index is 1.87. The van der Waals surface area contributed by atoms with Gasteiger partial charge in [-0.1, -0.05) is 44.2 Å². The zero-order valence-electron chi connectivity index (χ0n) is 17.1. The maximum Gasteiger partial charge on any atom is 0.328 e. The van der Waals surface area contributed by atoms with Crippen molar-refractivity contribution in [3.63, 3.8) is 0 Å². The van der Waals surface area contributed by atoms with Crippen molar-refractivity contribution in [2.75, 3.05) is 5.75 Å². The smallest absolute Gasteiger partial charge is 0.328 e. The van der Waals surface area contributed by atoms with Crippen LogP contribution in [-0.2, 0) is 4.79 Å². The summed E-state index contributed by atoms with van der Waals surface area (Å²) in [4.78, 5) is 10.8. The minimum atomic E-state index is -0.944. The van der Waals surface area contributed by atoms with Crippen molar-refractivity contribution >= 4 is 40.3 Å². The number of hydrogen-bond acceptors (Lipinski definition) is 3. The minimum absolute atomic E-state index is 0.523. The highest BCUT2D eigenvalue weighted by Crippen LogP contribution is 2.40. The molecule has 0 amide bonds. The molecule has 0 fully saturated rings. The Bertz CT molecular complexity index is 1170. The molecule has 1 unspecified atom stereocenters. The molecule has 152 valence electrons. The number of benzene rings is 2. The van der Waals surface area contributed by atoms with Crippen molar-refractivity contribution in [1.29, 1.82) is 0 Å². The second-order valence-electron chi connectivity index (χ2n) is 7.48. The van der Waals surface area contributed by atoms with E-state index in [-0.39, 0.29) is 0 Å². The van der Waals surface area contributed by atoms with Gasteiger partial charge in [-0.15, -0.1) is 11.8 Å². The first-order valence-corrected chi connectivity index (χ1v) is 11.1. The number of carboxylic acid groups (broad SMARTS) is 1. The van der Waals surface area contributed by atoms with E-state index in [0.29, 0.717) is 5.92 Å². The molecule has 1 aromatic heterocycles. The van der Waals surface area contributed by atoms with Gasteiger partial charge < -0.3 is 5.11 Å². The van der Waals surface area contributed by atoms with E-state index in [1.807, 2.05) is 30.1 Å². The van der Waals surface area contributed by atoms with Crippen LogP contribution >= 0.6 is 11.8 Å². The van der Waals surface area contributed by atoms with Crippen LogP contribution in [0, 0.1) is 5.92 Å². The number of aliphatic carboxylic acids is 1. The number of hydrogen-bond donors (Lipinski definition) is 2. The molecule has 0 radical (unpaired) electrons. The SMILES string of the molecule is CC/C(C1=CSCC1C)=C(/c1ccc(/C=C/C(=O)O)cc1)c1ccc2[nH]ncc2c1. The molecule has 0 aliphatic carbocycles. The van der Waals surface area contributed by atoms with E-state index >= 15 is 0 Å². The zero-order chi connectivity index (χ0) is 21.1. The highest BCUT2D eigenvalue weighted by molar-refractivity contribution is 8.02. The predicted molar refractivity (Wildman–Crippen MR) is 125 cm³/mol. The quantitative estimate of drug-likeness (QED) is 0.474. The van der Waals surface area contributed by atoms with Crippen molar-refractivity contribution in [3.05, 3.63) is 88.0 Å². The van der Waals surface area contributed by atoms with Gasteiger partial charge in [0, 0.05) is 17.2 Å². The number of thioether (sulfide) groups is 1. The van der Waals surface area contributed by atoms with E-state index in [2.05, 4.69) is 59.8 Å². The van der Waals surface area contributed by atoms with Crippen LogP contribution in [0.2, 0.25) is 0 Å². The van der Waals surface area contributed by atoms with E-state index in [9.17, 15) is 4.79 Å². The lowest BCUT2D eigenvalue weighted by molar-refractivity contribution is -0.131. The summed E-state index contributed by atoms with van der Waals surface area (Å²) in [5.41, 5.74) is 8.20. The fourth-order valence-corrected chi connectivity index (χ4v) is 5.04. The summed E-state index contributed by atoms with van der Waals surface area (Å²) in [6, 6.07) is 14.5. The van der Waals surface area contributed by atoms with Gasteiger partial charge in [0.15, 0.2) is 0 Å². The number of nitrogens with zero attached hydrogens (tertiary/aromatic N) is 1. The monoisotopic (exact) mass is 416 g/mol. The van der Waals surface area contributed by atoms with Crippen LogP contribution in [0.4, 0.5) is 0 Å². The number of aromatic nitrogens is 2. The molecule has 0 saturated carbocycles. The normalized spacial score (nSPS) is 17.4. The van der Waals surface area contributed by atoms with Crippen LogP contribution in [0.1, 0.15) is 37.0 Å². The summed E-state index contributed by atoms with van der Waals surface area (Å²) in [6.45, 7) is 4.50. The maximum absolute atomic E-state index is 10.8. The first-order valence-electron chi connectivity index (χ1n) is 10.1. The Morgan fingerprint density at radius 3 is 2.67 bits per heavy atom. The van der Waals surface area contributed by atoms with E-state index < -0.39 is 5.97 Å². The Hall–Kier alpha value is -3.05. The molecule has 3 aromatic rings. The van der Waals surface area contributed by atoms with Crippen molar-refractivity contribution in [2.45, 2.75) is 20.3 Å². The summed E-state index contributed by atoms with van der Waals surface area (Å²) >= 11 is 1.88. The zero-order valence-corrected chi connectivity index (χ0v) is 17.9. The Morgan fingerprint density at radius 1 is 1.23 bits per heavy atom. The third-order valence-corrected chi connectivity index (χ3v) is 6.55. The number of nitrogens with one attached hydrogen (secondary N) is 1. The van der Waals surface area contributed by atoms with Gasteiger partial charge in [0.2, 0.25) is 0 Å². The summed E-state index contributed by atoms with van der Waals surface area (Å²) in [6.07, 6.45) is 5.58. The molecule has 1 aliphatic heterocycles. The third-order valence-electron chi connectivity index (χ3n) is 5.44. The Morgan fingerprint density at radius 2 is 2.00 bits per heavy atom. The summed E-state index contributed by atoms with van der Waals surface area (Å²) < 4.78 is 0. The number of carbonyl (C=O) groups is 1. The number of H-pyrrole nitrogens is 1. The first-order chi connectivity index (χ1) is 14.6. The largest absolute Gasteiger partial charge is 0.478 e. The lowest BCUT2D eigenvalue weighted by Gasteiger charge is -2.19. The van der Waals surface area contributed by atoms with Gasteiger partial charge in [-0.05, 0) is 69.4 Å². The van der Waals surface area contributed by atoms with Crippen molar-refractivity contribution in [2.24, 2.45) is 5.92 Å². The van der Waals surface area contributed by atoms with Crippen LogP contribution < -0.4 is 0 Å². The molecule has 4 rings (SSSR count). The second-order valence-corrected chi connectivity index (χ2v) is 8.38. The molecule has 4 nitrogen and oxygen atoms in total. The number of allylic oxidation sites excluding steroid dienone is 2. The Labute approximate surface area is 180 Å². The third kappa shape index (κ3) is 4.12. The average molecular weight is 417 g/mol. The van der Waals surface area contributed by atoms with Gasteiger partial charge in [0.05, 0.1) is 11.7 Å². The number of fused-ring (bicyclic) bond motifs is 1. The maximum atomic E-state index is 10.8. The molecule has 0 spiro atoms. The van der Waals surface area contributed by atoms with Gasteiger partial charge in [0.1, 0.15) is 0 Å². The van der Waals surface area contributed by atoms with Gasteiger partial charge in [-0.3, -0.25) is 5.10 Å². The lowest BCUT2D eigenvalue weighted by atomic mass is 9.84. The lowest BCUT2D eigenvalue weighted by Crippen LogP contribution is -2.04. The molecular formula is C25H24N2O2S. The molecule has 0 bridgehead atoms. The van der Waals surface area contributed by atoms with Gasteiger partial charge in [-0.25, -0.2) is 4.79 Å². The first kappa shape index (κ1) is 20.2. The molecule has 1 aliphatic rings. The average Bonchev–Trinajstić information content (AvgIpc) is 3.39. The molecule has 5 heteroatoms.